The number of allylic oxidation sites excluding steroid dienone is 4. The number of halogens is 2. The van der Waals surface area contributed by atoms with Crippen LogP contribution >= 0.6 is 0 Å². The Morgan fingerprint density at radius 3 is 2.26 bits per heavy atom. The molecule has 35 heavy (non-hydrogen) atoms. The van der Waals surface area contributed by atoms with Gasteiger partial charge in [-0.2, -0.15) is 6.08 Å². The molecule has 0 spiro atoms. The number of para-hydroxylation sites is 1. The third-order valence-corrected chi connectivity index (χ3v) is 6.29. The van der Waals surface area contributed by atoms with Gasteiger partial charge in [0.2, 0.25) is 0 Å². The van der Waals surface area contributed by atoms with Crippen molar-refractivity contribution in [3.63, 3.8) is 0 Å². The van der Waals surface area contributed by atoms with E-state index < -0.39 is 0 Å². The zero-order chi connectivity index (χ0) is 21.9. The number of rotatable bonds is 3. The first-order valence-electron chi connectivity index (χ1n) is 11.2. The smallest absolute Gasteiger partial charge is 1.00 e. The molecular formula is C31H27F2NZr. The van der Waals surface area contributed by atoms with Gasteiger partial charge in [0.25, 0.3) is 0 Å². The summed E-state index contributed by atoms with van der Waals surface area (Å²) < 4.78 is 2.37. The van der Waals surface area contributed by atoms with E-state index in [0.29, 0.717) is 0 Å². The average Bonchev–Trinajstić information content (AvgIpc) is 3.54. The minimum Gasteiger partial charge on any atom is -1.00 e. The minimum atomic E-state index is 0. The van der Waals surface area contributed by atoms with Gasteiger partial charge in [0, 0.05) is 11.1 Å². The minimum absolute atomic E-state index is 0. The largest absolute Gasteiger partial charge is 4.00 e. The maximum Gasteiger partial charge on any atom is 4.00 e. The van der Waals surface area contributed by atoms with E-state index in [4.69, 9.17) is 0 Å². The summed E-state index contributed by atoms with van der Waals surface area (Å²) in [7, 11) is 0. The molecule has 0 saturated heterocycles. The van der Waals surface area contributed by atoms with Gasteiger partial charge in [-0.05, 0) is 43.1 Å². The van der Waals surface area contributed by atoms with E-state index in [9.17, 15) is 0 Å². The number of aromatic nitrogens is 1. The summed E-state index contributed by atoms with van der Waals surface area (Å²) >= 11 is 0. The summed E-state index contributed by atoms with van der Waals surface area (Å²) in [5.74, 6) is 0. The van der Waals surface area contributed by atoms with Crippen molar-refractivity contribution in [2.24, 2.45) is 0 Å². The molecule has 0 amide bonds. The fraction of sp³-hybridized carbons (Fsp3) is 0.129. The topological polar surface area (TPSA) is 4.93 Å². The molecular weight excluding hydrogens is 516 g/mol. The van der Waals surface area contributed by atoms with Gasteiger partial charge in [-0.25, -0.2) is 11.6 Å². The van der Waals surface area contributed by atoms with Crippen LogP contribution in [0, 0.1) is 19.9 Å². The van der Waals surface area contributed by atoms with Gasteiger partial charge < -0.3 is 14.0 Å². The van der Waals surface area contributed by atoms with Crippen molar-refractivity contribution in [1.29, 1.82) is 0 Å². The molecule has 0 saturated carbocycles. The van der Waals surface area contributed by atoms with Crippen LogP contribution in [-0.2, 0) is 32.6 Å². The Balaban J connectivity index is 0.000000252. The molecule has 1 aromatic heterocycles. The molecule has 174 valence electrons. The van der Waals surface area contributed by atoms with Gasteiger partial charge in [-0.1, -0.05) is 54.6 Å². The third kappa shape index (κ3) is 6.00. The molecule has 6 rings (SSSR count). The SMILES string of the molecule is Cc1c(C)n(-c2cc3ccccc3[cH-]2)c2ccccc12.[C-]1=C(Cc2ccccc2)C=CC1.[F-].[F-].[Zr+4]. The van der Waals surface area contributed by atoms with Crippen LogP contribution in [0.25, 0.3) is 27.4 Å². The van der Waals surface area contributed by atoms with Crippen molar-refractivity contribution in [2.45, 2.75) is 26.7 Å². The Morgan fingerprint density at radius 1 is 0.857 bits per heavy atom. The van der Waals surface area contributed by atoms with Crippen molar-refractivity contribution in [3.05, 3.63) is 132 Å². The van der Waals surface area contributed by atoms with E-state index in [1.807, 2.05) is 6.07 Å². The van der Waals surface area contributed by atoms with Gasteiger partial charge in [0.15, 0.2) is 0 Å². The quantitative estimate of drug-likeness (QED) is 0.308. The molecule has 0 fully saturated rings. The van der Waals surface area contributed by atoms with Crippen LogP contribution in [0.2, 0.25) is 0 Å². The fourth-order valence-electron chi connectivity index (χ4n) is 4.51. The van der Waals surface area contributed by atoms with E-state index in [1.54, 1.807) is 0 Å². The van der Waals surface area contributed by atoms with Gasteiger partial charge in [0.05, 0.1) is 5.52 Å². The van der Waals surface area contributed by atoms with E-state index in [-0.39, 0.29) is 35.6 Å². The molecule has 0 atom stereocenters. The number of nitrogens with zero attached hydrogens (tertiary/aromatic N) is 1. The second kappa shape index (κ2) is 12.7. The number of aryl methyl sites for hydroxylation is 1. The van der Waals surface area contributed by atoms with Gasteiger partial charge in [-0.15, -0.1) is 47.5 Å². The molecule has 0 aliphatic heterocycles. The number of hydrogen-bond donors (Lipinski definition) is 0. The van der Waals surface area contributed by atoms with E-state index in [1.165, 1.54) is 49.8 Å². The first kappa shape index (κ1) is 28.3. The van der Waals surface area contributed by atoms with E-state index in [0.717, 1.165) is 12.8 Å². The molecule has 0 unspecified atom stereocenters. The molecule has 1 nitrogen and oxygen atoms in total. The van der Waals surface area contributed by atoms with Gasteiger partial charge in [-0.3, -0.25) is 6.08 Å². The van der Waals surface area contributed by atoms with Crippen LogP contribution in [-0.4, -0.2) is 4.57 Å². The molecule has 1 aliphatic rings. The Bertz CT molecular complexity index is 1410. The van der Waals surface area contributed by atoms with Crippen LogP contribution in [0.3, 0.4) is 0 Å². The predicted octanol–water partition coefficient (Wildman–Crippen LogP) is 2.04. The Morgan fingerprint density at radius 2 is 1.54 bits per heavy atom. The molecule has 0 radical (unpaired) electrons. The van der Waals surface area contributed by atoms with Crippen molar-refractivity contribution in [1.82, 2.24) is 4.57 Å². The first-order chi connectivity index (χ1) is 15.7. The fourth-order valence-corrected chi connectivity index (χ4v) is 4.51. The van der Waals surface area contributed by atoms with Crippen LogP contribution in [0.1, 0.15) is 23.2 Å². The maximum absolute atomic E-state index is 3.31. The van der Waals surface area contributed by atoms with Gasteiger partial charge in [0.1, 0.15) is 0 Å². The average molecular weight is 543 g/mol. The monoisotopic (exact) mass is 541 g/mol. The van der Waals surface area contributed by atoms with Crippen molar-refractivity contribution in [2.75, 3.05) is 0 Å². The van der Waals surface area contributed by atoms with E-state index in [2.05, 4.69) is 122 Å². The van der Waals surface area contributed by atoms with Crippen molar-refractivity contribution in [3.8, 4) is 5.69 Å². The standard InChI is InChI=1S/C19H16N.C12H11.2FH.Zr/c1-13-14(2)20(19-10-6-5-9-18(13)19)17-11-15-7-3-4-8-16(15)12-17;1-2-6-11(7-3-1)10-12-8-4-5-9-12;;;/h3-12H,1-2H3;1-4,6-8H,5,10H2;2*1H;/q2*-1;;;+4/p-2. The van der Waals surface area contributed by atoms with Crippen LogP contribution in [0.15, 0.2) is 109 Å². The Hall–Kier alpha value is -2.97. The molecule has 1 aliphatic carbocycles. The van der Waals surface area contributed by atoms with Crippen LogP contribution in [0.5, 0.6) is 0 Å². The second-order valence-corrected chi connectivity index (χ2v) is 8.38. The van der Waals surface area contributed by atoms with Gasteiger partial charge >= 0.3 is 26.2 Å². The predicted molar refractivity (Wildman–Crippen MR) is 137 cm³/mol. The second-order valence-electron chi connectivity index (χ2n) is 8.38. The van der Waals surface area contributed by atoms with Crippen LogP contribution in [0.4, 0.5) is 0 Å². The molecule has 4 heteroatoms. The molecule has 4 aromatic carbocycles. The number of benzene rings is 3. The zero-order valence-electron chi connectivity index (χ0n) is 19.9. The Labute approximate surface area is 225 Å². The van der Waals surface area contributed by atoms with Crippen molar-refractivity contribution >= 4 is 21.7 Å². The summed E-state index contributed by atoms with van der Waals surface area (Å²) in [5, 5.41) is 3.95. The molecule has 5 aromatic rings. The first-order valence-corrected chi connectivity index (χ1v) is 11.2. The summed E-state index contributed by atoms with van der Waals surface area (Å²) in [6.45, 7) is 4.41. The van der Waals surface area contributed by atoms with E-state index >= 15 is 0 Å². The molecule has 0 bridgehead atoms. The molecule has 0 N–H and O–H groups in total. The number of fused-ring (bicyclic) bond motifs is 2. The summed E-state index contributed by atoms with van der Waals surface area (Å²) in [6.07, 6.45) is 9.63. The Kier molecular flexibility index (Phi) is 10.2. The number of hydrogen-bond acceptors (Lipinski definition) is 0. The summed E-state index contributed by atoms with van der Waals surface area (Å²) in [5.41, 5.74) is 7.92. The third-order valence-electron chi connectivity index (χ3n) is 6.29. The zero-order valence-corrected chi connectivity index (χ0v) is 22.4. The molecule has 1 heterocycles. The summed E-state index contributed by atoms with van der Waals surface area (Å²) in [6, 6.07) is 32.2. The normalized spacial score (nSPS) is 11.7. The maximum atomic E-state index is 3.31. The van der Waals surface area contributed by atoms with Crippen LogP contribution < -0.4 is 9.41 Å². The van der Waals surface area contributed by atoms with Crippen molar-refractivity contribution < 1.29 is 35.6 Å². The summed E-state index contributed by atoms with van der Waals surface area (Å²) in [4.78, 5) is 0.